The summed E-state index contributed by atoms with van der Waals surface area (Å²) in [7, 11) is 3.01. The molecule has 2 aliphatic rings. The Morgan fingerprint density at radius 2 is 1.82 bits per heavy atom. The topological polar surface area (TPSA) is 88.1 Å². The van der Waals surface area contributed by atoms with Crippen LogP contribution in [0.4, 0.5) is 5.69 Å². The third kappa shape index (κ3) is 4.35. The Labute approximate surface area is 250 Å². The summed E-state index contributed by atoms with van der Waals surface area (Å²) in [6.45, 7) is 4.02. The Bertz CT molecular complexity index is 1560. The van der Waals surface area contributed by atoms with Gasteiger partial charge >= 0.3 is 0 Å². The molecule has 0 saturated carbocycles. The Morgan fingerprint density at radius 3 is 2.45 bits per heavy atom. The van der Waals surface area contributed by atoms with Crippen molar-refractivity contribution < 1.29 is 24.2 Å². The number of nitrogens with one attached hydrogen (secondary N) is 1. The number of anilines is 1. The molecule has 3 atom stereocenters. The lowest BCUT2D eigenvalue weighted by Crippen LogP contribution is -2.48. The summed E-state index contributed by atoms with van der Waals surface area (Å²) in [5.41, 5.74) is 3.98. The van der Waals surface area contributed by atoms with Gasteiger partial charge in [0.05, 0.1) is 40.7 Å². The monoisotopic (exact) mass is 642 g/mol. The third-order valence-corrected chi connectivity index (χ3v) is 8.73. The van der Waals surface area contributed by atoms with Gasteiger partial charge in [0.15, 0.2) is 11.5 Å². The summed E-state index contributed by atoms with van der Waals surface area (Å²) in [6.07, 6.45) is 3.93. The van der Waals surface area contributed by atoms with Crippen LogP contribution in [0, 0.1) is 5.92 Å². The molecule has 10 heteroatoms. The zero-order valence-electron chi connectivity index (χ0n) is 21.6. The molecule has 5 rings (SSSR count). The van der Waals surface area contributed by atoms with Gasteiger partial charge in [-0.15, -0.1) is 0 Å². The van der Waals surface area contributed by atoms with Gasteiger partial charge in [-0.2, -0.15) is 5.01 Å². The maximum atomic E-state index is 14.7. The lowest BCUT2D eigenvalue weighted by Gasteiger charge is -2.43. The van der Waals surface area contributed by atoms with Crippen molar-refractivity contribution in [3.8, 4) is 17.2 Å². The molecule has 1 aliphatic carbocycles. The van der Waals surface area contributed by atoms with Gasteiger partial charge in [0.1, 0.15) is 5.75 Å². The number of benzene rings is 3. The molecule has 0 aromatic heterocycles. The largest absolute Gasteiger partial charge is 0.503 e. The average Bonchev–Trinajstić information content (AvgIpc) is 3.17. The van der Waals surface area contributed by atoms with Gasteiger partial charge in [-0.25, -0.2) is 0 Å². The first kappa shape index (κ1) is 28.1. The number of fused-ring (bicyclic) bond motifs is 1. The van der Waals surface area contributed by atoms with Crippen LogP contribution >= 0.6 is 39.1 Å². The van der Waals surface area contributed by atoms with Crippen LogP contribution < -0.4 is 14.9 Å². The molecule has 40 heavy (non-hydrogen) atoms. The number of nitrogens with zero attached hydrogens (tertiary/aromatic N) is 1. The molecule has 2 amide bonds. The Morgan fingerprint density at radius 1 is 1.10 bits per heavy atom. The molecule has 1 fully saturated rings. The van der Waals surface area contributed by atoms with Crippen LogP contribution in [0.25, 0.3) is 0 Å². The predicted molar refractivity (Wildman–Crippen MR) is 158 cm³/mol. The number of imide groups is 1. The number of phenolic OH excluding ortho intramolecular Hbond substituents is 1. The molecular formula is C30H25BrCl2N2O5. The number of methoxy groups -OCH3 is 2. The van der Waals surface area contributed by atoms with E-state index in [9.17, 15) is 14.7 Å². The van der Waals surface area contributed by atoms with Crippen LogP contribution in [0.15, 0.2) is 83.4 Å². The molecule has 206 valence electrons. The quantitative estimate of drug-likeness (QED) is 0.269. The van der Waals surface area contributed by atoms with Gasteiger partial charge in [-0.3, -0.25) is 15.0 Å². The number of ether oxygens (including phenoxy) is 2. The standard InChI is InChI=1S/C30H25BrCl2N2O5/c1-4-16-5-11-21-28(37)35(34-24-12-8-19(32)15-23(24)33)29(38)30(21,18-6-9-20(39-2)10-7-18)26(16)17-13-22(31)27(36)25(14-17)40-3/h4-10,12-15,21,26,34,36H,1,11H2,2-3H3. The van der Waals surface area contributed by atoms with Crippen LogP contribution in [0.2, 0.25) is 10.0 Å². The van der Waals surface area contributed by atoms with E-state index in [0.717, 1.165) is 10.6 Å². The molecule has 7 nitrogen and oxygen atoms in total. The van der Waals surface area contributed by atoms with Gasteiger partial charge in [0.2, 0.25) is 0 Å². The summed E-state index contributed by atoms with van der Waals surface area (Å²) < 4.78 is 11.2. The number of allylic oxidation sites excluding steroid dienone is 3. The van der Waals surface area contributed by atoms with Crippen molar-refractivity contribution in [2.45, 2.75) is 17.8 Å². The van der Waals surface area contributed by atoms with E-state index in [1.165, 1.54) is 13.2 Å². The molecule has 0 bridgehead atoms. The predicted octanol–water partition coefficient (Wildman–Crippen LogP) is 7.03. The number of aromatic hydroxyl groups is 1. The van der Waals surface area contributed by atoms with Gasteiger partial charge in [-0.05, 0) is 81.5 Å². The molecule has 3 aromatic rings. The highest BCUT2D eigenvalue weighted by molar-refractivity contribution is 9.10. The van der Waals surface area contributed by atoms with Crippen molar-refractivity contribution in [1.29, 1.82) is 0 Å². The Kier molecular flexibility index (Phi) is 7.61. The van der Waals surface area contributed by atoms with E-state index >= 15 is 0 Å². The maximum Gasteiger partial charge on any atom is 0.260 e. The van der Waals surface area contributed by atoms with Crippen molar-refractivity contribution in [2.24, 2.45) is 5.92 Å². The minimum Gasteiger partial charge on any atom is -0.503 e. The number of hydrogen-bond donors (Lipinski definition) is 2. The zero-order chi connectivity index (χ0) is 28.8. The number of carbonyl (C=O) groups is 2. The highest BCUT2D eigenvalue weighted by atomic mass is 79.9. The fraction of sp³-hybridized carbons (Fsp3) is 0.200. The van der Waals surface area contributed by atoms with E-state index in [1.807, 2.05) is 18.2 Å². The number of carbonyl (C=O) groups excluding carboxylic acids is 2. The van der Waals surface area contributed by atoms with E-state index < -0.39 is 29.1 Å². The first-order chi connectivity index (χ1) is 19.2. The van der Waals surface area contributed by atoms with E-state index in [0.29, 0.717) is 38.5 Å². The van der Waals surface area contributed by atoms with Crippen LogP contribution in [-0.2, 0) is 15.0 Å². The van der Waals surface area contributed by atoms with E-state index in [-0.39, 0.29) is 16.5 Å². The molecule has 1 aliphatic heterocycles. The first-order valence-corrected chi connectivity index (χ1v) is 13.9. The van der Waals surface area contributed by atoms with Gasteiger partial charge < -0.3 is 14.6 Å². The second-order valence-electron chi connectivity index (χ2n) is 9.50. The minimum absolute atomic E-state index is 0.0734. The van der Waals surface area contributed by atoms with Crippen molar-refractivity contribution in [2.75, 3.05) is 19.6 Å². The lowest BCUT2D eigenvalue weighted by molar-refractivity contribution is -0.138. The maximum absolute atomic E-state index is 14.7. The average molecular weight is 644 g/mol. The molecule has 3 aromatic carbocycles. The summed E-state index contributed by atoms with van der Waals surface area (Å²) in [6, 6.07) is 15.3. The summed E-state index contributed by atoms with van der Waals surface area (Å²) in [4.78, 5) is 28.8. The molecule has 1 saturated heterocycles. The molecule has 3 unspecified atom stereocenters. The Hall–Kier alpha value is -3.46. The van der Waals surface area contributed by atoms with Crippen molar-refractivity contribution in [1.82, 2.24) is 5.01 Å². The summed E-state index contributed by atoms with van der Waals surface area (Å²) in [5, 5.41) is 12.3. The van der Waals surface area contributed by atoms with Gasteiger partial charge in [0.25, 0.3) is 11.8 Å². The second-order valence-corrected chi connectivity index (χ2v) is 11.2. The molecule has 1 heterocycles. The highest BCUT2D eigenvalue weighted by Crippen LogP contribution is 2.58. The van der Waals surface area contributed by atoms with Crippen molar-refractivity contribution in [3.05, 3.63) is 105 Å². The second kappa shape index (κ2) is 10.8. The van der Waals surface area contributed by atoms with Crippen LogP contribution in [0.1, 0.15) is 23.5 Å². The smallest absolute Gasteiger partial charge is 0.260 e. The SMILES string of the molecule is C=CC1=CCC2C(=O)N(Nc3ccc(Cl)cc3Cl)C(=O)C2(c2ccc(OC)cc2)C1c1cc(Br)c(O)c(OC)c1. The number of halogens is 3. The van der Waals surface area contributed by atoms with Crippen LogP contribution in [0.3, 0.4) is 0 Å². The number of amides is 2. The Balaban J connectivity index is 1.76. The van der Waals surface area contributed by atoms with E-state index in [2.05, 4.69) is 27.9 Å². The van der Waals surface area contributed by atoms with E-state index in [1.54, 1.807) is 49.6 Å². The third-order valence-electron chi connectivity index (χ3n) is 7.57. The molecular weight excluding hydrogens is 619 g/mol. The lowest BCUT2D eigenvalue weighted by atomic mass is 9.56. The normalized spacial score (nSPS) is 22.0. The van der Waals surface area contributed by atoms with Crippen molar-refractivity contribution in [3.63, 3.8) is 0 Å². The number of phenols is 1. The fourth-order valence-corrected chi connectivity index (χ4v) is 6.68. The van der Waals surface area contributed by atoms with Gasteiger partial charge in [0, 0.05) is 10.9 Å². The van der Waals surface area contributed by atoms with Crippen molar-refractivity contribution >= 4 is 56.6 Å². The van der Waals surface area contributed by atoms with Crippen LogP contribution in [0.5, 0.6) is 17.2 Å². The molecule has 0 radical (unpaired) electrons. The zero-order valence-corrected chi connectivity index (χ0v) is 24.7. The number of hydrogen-bond acceptors (Lipinski definition) is 6. The van der Waals surface area contributed by atoms with Crippen LogP contribution in [-0.4, -0.2) is 36.1 Å². The highest BCUT2D eigenvalue weighted by Gasteiger charge is 2.66. The number of rotatable bonds is 7. The number of hydrazine groups is 1. The van der Waals surface area contributed by atoms with Gasteiger partial charge in [-0.1, -0.05) is 54.1 Å². The molecule has 0 spiro atoms. The molecule has 2 N–H and O–H groups in total. The summed E-state index contributed by atoms with van der Waals surface area (Å²) in [5.74, 6) is -1.53. The fourth-order valence-electron chi connectivity index (χ4n) is 5.77. The van der Waals surface area contributed by atoms with E-state index in [4.69, 9.17) is 32.7 Å². The minimum atomic E-state index is -1.38. The first-order valence-electron chi connectivity index (χ1n) is 12.3. The summed E-state index contributed by atoms with van der Waals surface area (Å²) >= 11 is 15.9.